The number of aryl methyl sites for hydroxylation is 2. The molecule has 0 saturated heterocycles. The van der Waals surface area contributed by atoms with Crippen LogP contribution < -0.4 is 0 Å². The van der Waals surface area contributed by atoms with Gasteiger partial charge in [-0.2, -0.15) is 30.9 Å². The lowest BCUT2D eigenvalue weighted by atomic mass is 10.2. The molecule has 0 aromatic carbocycles. The van der Waals surface area contributed by atoms with Gasteiger partial charge in [0, 0.05) is 73.1 Å². The van der Waals surface area contributed by atoms with Gasteiger partial charge in [0.05, 0.1) is 18.1 Å². The topological polar surface area (TPSA) is 148 Å². The number of nitrogens with one attached hydrogen (secondary N) is 1. The third-order valence-corrected chi connectivity index (χ3v) is 12.2. The summed E-state index contributed by atoms with van der Waals surface area (Å²) in [6.07, 6.45) is 4.91. The molecule has 4 aromatic rings. The van der Waals surface area contributed by atoms with Crippen LogP contribution in [0, 0.1) is 22.7 Å². The summed E-state index contributed by atoms with van der Waals surface area (Å²) in [5, 5.41) is 37.3. The molecule has 256 valence electrons. The van der Waals surface area contributed by atoms with Crippen LogP contribution in [0.15, 0.2) is 33.7 Å². The Bertz CT molecular complexity index is 1620. The number of aromatic amines is 1. The van der Waals surface area contributed by atoms with E-state index in [1.165, 1.54) is 6.04 Å². The summed E-state index contributed by atoms with van der Waals surface area (Å²) in [6.45, 7) is 15.8. The fourth-order valence-corrected chi connectivity index (χ4v) is 6.08. The van der Waals surface area contributed by atoms with E-state index in [1.807, 2.05) is 20.2 Å². The zero-order valence-corrected chi connectivity index (χ0v) is 34.4. The third-order valence-electron chi connectivity index (χ3n) is 6.60. The van der Waals surface area contributed by atoms with Crippen molar-refractivity contribution in [1.82, 2.24) is 39.5 Å². The zero-order valence-electron chi connectivity index (χ0n) is 28.4. The minimum absolute atomic E-state index is 0.321. The number of hydrogen-bond acceptors (Lipinski definition) is 8. The van der Waals surface area contributed by atoms with Crippen LogP contribution in [0.5, 0.6) is 0 Å². The Morgan fingerprint density at radius 3 is 1.85 bits per heavy atom. The molecule has 4 aromatic heterocycles. The van der Waals surface area contributed by atoms with Crippen molar-refractivity contribution in [3.63, 3.8) is 0 Å². The molecule has 0 spiro atoms. The summed E-state index contributed by atoms with van der Waals surface area (Å²) in [5.74, 6) is 0. The molecule has 12 nitrogen and oxygen atoms in total. The van der Waals surface area contributed by atoms with Crippen LogP contribution in [0.25, 0.3) is 0 Å². The molecule has 0 aliphatic carbocycles. The molecule has 0 unspecified atom stereocenters. The molecule has 4 heterocycles. The Morgan fingerprint density at radius 2 is 1.40 bits per heavy atom. The smallest absolute Gasteiger partial charge is 0.162 e. The van der Waals surface area contributed by atoms with Crippen LogP contribution in [-0.2, 0) is 43.1 Å². The van der Waals surface area contributed by atoms with Gasteiger partial charge in [-0.3, -0.25) is 14.5 Å². The Kier molecular flexibility index (Phi) is 16.8. The van der Waals surface area contributed by atoms with Gasteiger partial charge in [0.25, 0.3) is 0 Å². The highest BCUT2D eigenvalue weighted by Gasteiger charge is 2.15. The lowest BCUT2D eigenvalue weighted by molar-refractivity contribution is 0.0777. The molecular formula is C30H45Br2ClN10O2Si2. The van der Waals surface area contributed by atoms with E-state index >= 15 is 0 Å². The molecule has 4 rings (SSSR count). The number of hydrogen-bond donors (Lipinski definition) is 1. The predicted octanol–water partition coefficient (Wildman–Crippen LogP) is 7.06. The largest absolute Gasteiger partial charge is 0.366 e. The fraction of sp³-hybridized carbons (Fsp3) is 0.533. The first kappa shape index (κ1) is 40.6. The monoisotopic (exact) mass is 826 g/mol. The number of rotatable bonds is 13. The number of H-pyrrole nitrogens is 1. The Labute approximate surface area is 301 Å². The van der Waals surface area contributed by atoms with Gasteiger partial charge in [-0.1, -0.05) is 50.9 Å². The molecular weight excluding hydrogens is 784 g/mol. The second-order valence-electron chi connectivity index (χ2n) is 13.2. The first-order chi connectivity index (χ1) is 22.1. The maximum absolute atomic E-state index is 9.26. The van der Waals surface area contributed by atoms with E-state index in [9.17, 15) is 5.26 Å². The highest BCUT2D eigenvalue weighted by molar-refractivity contribution is 9.10. The molecule has 0 saturated carbocycles. The Balaban J connectivity index is 0.000000274. The molecule has 0 bridgehead atoms. The quantitative estimate of drug-likeness (QED) is 0.0856. The molecule has 0 atom stereocenters. The normalized spacial score (nSPS) is 11.3. The molecule has 0 aliphatic rings. The summed E-state index contributed by atoms with van der Waals surface area (Å²) in [6, 6.07) is 10.3. The van der Waals surface area contributed by atoms with Crippen molar-refractivity contribution < 1.29 is 9.47 Å². The van der Waals surface area contributed by atoms with Crippen molar-refractivity contribution in [2.45, 2.75) is 70.9 Å². The molecule has 1 N–H and O–H groups in total. The van der Waals surface area contributed by atoms with Gasteiger partial charge >= 0.3 is 0 Å². The lowest BCUT2D eigenvalue weighted by Gasteiger charge is -2.15. The number of halogens is 3. The van der Waals surface area contributed by atoms with Crippen molar-refractivity contribution in [2.75, 3.05) is 19.3 Å². The van der Waals surface area contributed by atoms with Crippen LogP contribution in [0.4, 0.5) is 0 Å². The third kappa shape index (κ3) is 15.0. The average Bonchev–Trinajstić information content (AvgIpc) is 3.77. The van der Waals surface area contributed by atoms with Crippen molar-refractivity contribution in [3.8, 4) is 12.1 Å². The van der Waals surface area contributed by atoms with E-state index in [0.29, 0.717) is 43.6 Å². The van der Waals surface area contributed by atoms with Crippen molar-refractivity contribution in [1.29, 1.82) is 10.5 Å². The van der Waals surface area contributed by atoms with Crippen molar-refractivity contribution in [2.24, 2.45) is 14.1 Å². The average molecular weight is 829 g/mol. The van der Waals surface area contributed by atoms with Crippen LogP contribution >= 0.6 is 43.5 Å². The van der Waals surface area contributed by atoms with Gasteiger partial charge in [0.15, 0.2) is 5.69 Å². The summed E-state index contributed by atoms with van der Waals surface area (Å²) >= 11 is 12.3. The number of alkyl halides is 1. The fourth-order valence-electron chi connectivity index (χ4n) is 3.79. The van der Waals surface area contributed by atoms with E-state index in [-0.39, 0.29) is 0 Å². The first-order valence-electron chi connectivity index (χ1n) is 15.0. The summed E-state index contributed by atoms with van der Waals surface area (Å²) in [7, 11) is 1.76. The van der Waals surface area contributed by atoms with E-state index in [2.05, 4.69) is 103 Å². The van der Waals surface area contributed by atoms with Gasteiger partial charge in [-0.15, -0.1) is 0 Å². The molecule has 0 radical (unpaired) electrons. The van der Waals surface area contributed by atoms with E-state index < -0.39 is 16.1 Å². The minimum atomic E-state index is -1.10. The van der Waals surface area contributed by atoms with Gasteiger partial charge in [-0.05, 0) is 56.1 Å². The SMILES string of the molecule is C[Si](C)(C)CCOCCl.Cn1ncc(Cc2cc(C#N)n(COCC[Si](C)(C)C)n2)c1Br.Cn1ncc(Cc2cc(C#N)n[nH]2)c1Br. The summed E-state index contributed by atoms with van der Waals surface area (Å²) in [4.78, 5) is 0. The molecule has 17 heteroatoms. The van der Waals surface area contributed by atoms with Crippen LogP contribution in [0.3, 0.4) is 0 Å². The highest BCUT2D eigenvalue weighted by Crippen LogP contribution is 2.20. The second-order valence-corrected chi connectivity index (χ2v) is 26.2. The van der Waals surface area contributed by atoms with Crippen LogP contribution in [0.2, 0.25) is 51.4 Å². The molecule has 0 amide bonds. The molecule has 47 heavy (non-hydrogen) atoms. The number of nitriles is 2. The number of nitrogens with zero attached hydrogens (tertiary/aromatic N) is 9. The Morgan fingerprint density at radius 1 is 0.851 bits per heavy atom. The maximum Gasteiger partial charge on any atom is 0.162 e. The highest BCUT2D eigenvalue weighted by atomic mass is 79.9. The number of aromatic nitrogens is 8. The maximum atomic E-state index is 9.26. The van der Waals surface area contributed by atoms with Gasteiger partial charge in [-0.25, -0.2) is 4.68 Å². The van der Waals surface area contributed by atoms with Crippen LogP contribution in [-0.4, -0.2) is 75.0 Å². The Hall–Kier alpha value is -2.58. The number of ether oxygens (including phenoxy) is 2. The van der Waals surface area contributed by atoms with E-state index in [4.69, 9.17) is 26.3 Å². The minimum Gasteiger partial charge on any atom is -0.366 e. The van der Waals surface area contributed by atoms with Crippen molar-refractivity contribution in [3.05, 3.63) is 67.6 Å². The van der Waals surface area contributed by atoms with Gasteiger partial charge in [0.1, 0.15) is 39.8 Å². The molecule has 0 fully saturated rings. The summed E-state index contributed by atoms with van der Waals surface area (Å²) in [5.41, 5.74) is 4.77. The van der Waals surface area contributed by atoms with E-state index in [1.54, 1.807) is 38.6 Å². The lowest BCUT2D eigenvalue weighted by Crippen LogP contribution is -2.22. The van der Waals surface area contributed by atoms with E-state index in [0.717, 1.165) is 44.4 Å². The standard InChI is InChI=1S/C15H22BrN5OSi.C9H8BrN5.C6H15ClOSi/c1-20-15(16)12(10-18-20)7-13-8-14(9-17)21(19-13)11-22-5-6-23(2,3)4;1-15-9(10)6(5-12-15)2-7-3-8(4-11)14-13-7;1-9(2,3)5-4-8-6-7/h8,10H,5-7,11H2,1-4H3;3,5H,2H2,1H3,(H,13,14);4-6H2,1-3H3. The predicted molar refractivity (Wildman–Crippen MR) is 197 cm³/mol. The second kappa shape index (κ2) is 19.4. The van der Waals surface area contributed by atoms with Gasteiger partial charge < -0.3 is 9.47 Å². The van der Waals surface area contributed by atoms with Crippen LogP contribution in [0.1, 0.15) is 33.9 Å². The van der Waals surface area contributed by atoms with Gasteiger partial charge in [0.2, 0.25) is 0 Å². The van der Waals surface area contributed by atoms with Crippen molar-refractivity contribution >= 4 is 59.6 Å². The summed E-state index contributed by atoms with van der Waals surface area (Å²) < 4.78 is 17.7. The molecule has 0 aliphatic heterocycles. The first-order valence-corrected chi connectivity index (χ1v) is 24.6. The zero-order chi connectivity index (χ0) is 35.2.